The van der Waals surface area contributed by atoms with Gasteiger partial charge in [-0.2, -0.15) is 9.36 Å². The largest absolute Gasteiger partial charge is 0.367 e. The molecule has 0 atom stereocenters. The van der Waals surface area contributed by atoms with Gasteiger partial charge in [-0.3, -0.25) is 0 Å². The Balaban J connectivity index is 1.93. The van der Waals surface area contributed by atoms with Crippen molar-refractivity contribution in [1.29, 1.82) is 0 Å². The zero-order chi connectivity index (χ0) is 11.5. The summed E-state index contributed by atoms with van der Waals surface area (Å²) >= 11 is 1.40. The molecule has 90 valence electrons. The molecule has 1 aliphatic carbocycles. The number of anilines is 2. The summed E-state index contributed by atoms with van der Waals surface area (Å²) in [4.78, 5) is 6.49. The normalized spacial score (nSPS) is 25.6. The fourth-order valence-electron chi connectivity index (χ4n) is 2.47. The van der Waals surface area contributed by atoms with Crippen molar-refractivity contribution >= 4 is 22.6 Å². The molecule has 0 unspecified atom stereocenters. The minimum absolute atomic E-state index is 0.397. The van der Waals surface area contributed by atoms with E-state index in [-0.39, 0.29) is 0 Å². The van der Waals surface area contributed by atoms with Crippen molar-refractivity contribution < 1.29 is 0 Å². The number of hydrogen-bond donors (Lipinski definition) is 1. The van der Waals surface area contributed by atoms with Crippen LogP contribution >= 0.6 is 11.5 Å². The van der Waals surface area contributed by atoms with Gasteiger partial charge in [-0.15, -0.1) is 0 Å². The Morgan fingerprint density at radius 3 is 2.56 bits per heavy atom. The van der Waals surface area contributed by atoms with E-state index in [1.165, 1.54) is 43.6 Å². The van der Waals surface area contributed by atoms with Crippen LogP contribution in [0.3, 0.4) is 0 Å². The van der Waals surface area contributed by atoms with E-state index in [9.17, 15) is 0 Å². The van der Waals surface area contributed by atoms with Crippen molar-refractivity contribution in [3.8, 4) is 0 Å². The Labute approximate surface area is 101 Å². The Morgan fingerprint density at radius 1 is 1.38 bits per heavy atom. The van der Waals surface area contributed by atoms with Gasteiger partial charge in [0.2, 0.25) is 11.1 Å². The standard InChI is InChI=1S/C11H20N4S/c1-3-8-4-6-9(7-5-8)15(2)11-13-10(12)14-16-11/h8-9H,3-7H2,1-2H3,(H2,12,14). The van der Waals surface area contributed by atoms with Gasteiger partial charge in [0.05, 0.1) is 0 Å². The molecule has 1 aliphatic rings. The maximum Gasteiger partial charge on any atom is 0.233 e. The molecule has 0 aromatic carbocycles. The fourth-order valence-corrected chi connectivity index (χ4v) is 3.09. The number of nitrogen functional groups attached to an aromatic ring is 1. The quantitative estimate of drug-likeness (QED) is 0.882. The maximum absolute atomic E-state index is 5.55. The fraction of sp³-hybridized carbons (Fsp3) is 0.818. The van der Waals surface area contributed by atoms with Gasteiger partial charge in [-0.1, -0.05) is 13.3 Å². The van der Waals surface area contributed by atoms with Crippen molar-refractivity contribution in [2.24, 2.45) is 5.92 Å². The highest BCUT2D eigenvalue weighted by Crippen LogP contribution is 2.31. The highest BCUT2D eigenvalue weighted by Gasteiger charge is 2.24. The van der Waals surface area contributed by atoms with Gasteiger partial charge >= 0.3 is 0 Å². The first-order valence-electron chi connectivity index (χ1n) is 6.02. The minimum atomic E-state index is 0.397. The average Bonchev–Trinajstić information content (AvgIpc) is 2.75. The van der Waals surface area contributed by atoms with Crippen LogP contribution in [0.25, 0.3) is 0 Å². The molecule has 0 amide bonds. The summed E-state index contributed by atoms with van der Waals surface area (Å²) in [7, 11) is 2.11. The van der Waals surface area contributed by atoms with Gasteiger partial charge in [0, 0.05) is 24.6 Å². The molecule has 1 aromatic rings. The Kier molecular flexibility index (Phi) is 3.63. The molecule has 2 rings (SSSR count). The van der Waals surface area contributed by atoms with Gasteiger partial charge in [0.25, 0.3) is 0 Å². The summed E-state index contributed by atoms with van der Waals surface area (Å²) in [5.74, 6) is 1.33. The van der Waals surface area contributed by atoms with Crippen LogP contribution in [-0.2, 0) is 0 Å². The number of aromatic nitrogens is 2. The molecular formula is C11H20N4S. The van der Waals surface area contributed by atoms with Crippen LogP contribution in [0.4, 0.5) is 11.1 Å². The zero-order valence-electron chi connectivity index (χ0n) is 10.0. The number of nitrogens with zero attached hydrogens (tertiary/aromatic N) is 3. The van der Waals surface area contributed by atoms with E-state index in [1.54, 1.807) is 0 Å². The van der Waals surface area contributed by atoms with Crippen LogP contribution in [0.15, 0.2) is 0 Å². The summed E-state index contributed by atoms with van der Waals surface area (Å²) < 4.78 is 4.03. The van der Waals surface area contributed by atoms with E-state index in [0.29, 0.717) is 12.0 Å². The summed E-state index contributed by atoms with van der Waals surface area (Å²) in [5.41, 5.74) is 5.55. The molecule has 1 saturated carbocycles. The first-order valence-corrected chi connectivity index (χ1v) is 6.80. The second-order valence-electron chi connectivity index (χ2n) is 4.63. The molecule has 1 fully saturated rings. The lowest BCUT2D eigenvalue weighted by atomic mass is 9.84. The number of hydrogen-bond acceptors (Lipinski definition) is 5. The van der Waals surface area contributed by atoms with E-state index < -0.39 is 0 Å². The molecule has 16 heavy (non-hydrogen) atoms. The van der Waals surface area contributed by atoms with Crippen molar-refractivity contribution in [2.75, 3.05) is 17.7 Å². The van der Waals surface area contributed by atoms with Gasteiger partial charge in [0.1, 0.15) is 0 Å². The van der Waals surface area contributed by atoms with Crippen LogP contribution in [0.5, 0.6) is 0 Å². The monoisotopic (exact) mass is 240 g/mol. The predicted octanol–water partition coefficient (Wildman–Crippen LogP) is 2.53. The molecule has 0 saturated heterocycles. The summed E-state index contributed by atoms with van der Waals surface area (Å²) in [6.45, 7) is 2.29. The van der Waals surface area contributed by atoms with Crippen molar-refractivity contribution in [1.82, 2.24) is 9.36 Å². The second kappa shape index (κ2) is 4.99. The average molecular weight is 240 g/mol. The first kappa shape index (κ1) is 11.6. The highest BCUT2D eigenvalue weighted by molar-refractivity contribution is 7.09. The summed E-state index contributed by atoms with van der Waals surface area (Å²) in [6, 6.07) is 0.621. The Hall–Kier alpha value is -0.840. The van der Waals surface area contributed by atoms with Gasteiger partial charge < -0.3 is 10.6 Å². The van der Waals surface area contributed by atoms with E-state index >= 15 is 0 Å². The van der Waals surface area contributed by atoms with Crippen LogP contribution in [0.1, 0.15) is 39.0 Å². The van der Waals surface area contributed by atoms with Gasteiger partial charge in [-0.25, -0.2) is 0 Å². The molecule has 1 aromatic heterocycles. The molecule has 0 radical (unpaired) electrons. The summed E-state index contributed by atoms with van der Waals surface area (Å²) in [6.07, 6.45) is 6.56. The van der Waals surface area contributed by atoms with Crippen molar-refractivity contribution in [3.63, 3.8) is 0 Å². The SMILES string of the molecule is CCC1CCC(N(C)c2nc(N)ns2)CC1. The first-order chi connectivity index (χ1) is 7.70. The molecule has 5 heteroatoms. The van der Waals surface area contributed by atoms with Crippen LogP contribution < -0.4 is 10.6 Å². The number of nitrogens with two attached hydrogens (primary N) is 1. The molecule has 0 spiro atoms. The van der Waals surface area contributed by atoms with E-state index in [2.05, 4.69) is 28.2 Å². The van der Waals surface area contributed by atoms with E-state index in [4.69, 9.17) is 5.73 Å². The van der Waals surface area contributed by atoms with Crippen LogP contribution in [0.2, 0.25) is 0 Å². The van der Waals surface area contributed by atoms with Gasteiger partial charge in [-0.05, 0) is 31.6 Å². The van der Waals surface area contributed by atoms with Crippen LogP contribution in [-0.4, -0.2) is 22.4 Å². The van der Waals surface area contributed by atoms with Crippen molar-refractivity contribution in [2.45, 2.75) is 45.1 Å². The lowest BCUT2D eigenvalue weighted by Gasteiger charge is -2.33. The lowest BCUT2D eigenvalue weighted by molar-refractivity contribution is 0.313. The predicted molar refractivity (Wildman–Crippen MR) is 68.8 cm³/mol. The molecule has 0 bridgehead atoms. The van der Waals surface area contributed by atoms with Crippen LogP contribution in [0, 0.1) is 5.92 Å². The third kappa shape index (κ3) is 2.45. The number of rotatable bonds is 3. The third-order valence-corrected chi connectivity index (χ3v) is 4.50. The molecule has 0 aliphatic heterocycles. The molecule has 1 heterocycles. The molecule has 4 nitrogen and oxygen atoms in total. The van der Waals surface area contributed by atoms with E-state index in [0.717, 1.165) is 11.0 Å². The zero-order valence-corrected chi connectivity index (χ0v) is 10.8. The molecular weight excluding hydrogens is 220 g/mol. The second-order valence-corrected chi connectivity index (χ2v) is 5.36. The third-order valence-electron chi connectivity index (χ3n) is 3.67. The molecule has 2 N–H and O–H groups in total. The summed E-state index contributed by atoms with van der Waals surface area (Å²) in [5, 5.41) is 0.956. The smallest absolute Gasteiger partial charge is 0.233 e. The minimum Gasteiger partial charge on any atom is -0.367 e. The Bertz CT molecular complexity index is 330. The maximum atomic E-state index is 5.55. The van der Waals surface area contributed by atoms with Gasteiger partial charge in [0.15, 0.2) is 0 Å². The Morgan fingerprint density at radius 2 is 2.06 bits per heavy atom. The van der Waals surface area contributed by atoms with E-state index in [1.807, 2.05) is 0 Å². The highest BCUT2D eigenvalue weighted by atomic mass is 32.1. The topological polar surface area (TPSA) is 55.0 Å². The van der Waals surface area contributed by atoms with Crippen molar-refractivity contribution in [3.05, 3.63) is 0 Å². The lowest BCUT2D eigenvalue weighted by Crippen LogP contribution is -2.35.